The topological polar surface area (TPSA) is 35.8 Å². The molecule has 1 aromatic rings. The van der Waals surface area contributed by atoms with E-state index in [1.807, 2.05) is 31.3 Å². The Labute approximate surface area is 96.3 Å². The summed E-state index contributed by atoms with van der Waals surface area (Å²) < 4.78 is 0. The molecular weight excluding hydrogens is 196 g/mol. The average Bonchev–Trinajstić information content (AvgIpc) is 3.11. The van der Waals surface area contributed by atoms with Gasteiger partial charge in [-0.05, 0) is 37.6 Å². The molecule has 0 amide bonds. The Hall–Kier alpha value is -1.77. The Bertz CT molecular complexity index is 481. The minimum Gasteiger partial charge on any atom is -0.309 e. The predicted octanol–water partition coefficient (Wildman–Crippen LogP) is 1.81. The van der Waals surface area contributed by atoms with Crippen LogP contribution in [0.25, 0.3) is 0 Å². The molecule has 1 fully saturated rings. The van der Waals surface area contributed by atoms with Crippen molar-refractivity contribution < 1.29 is 0 Å². The second kappa shape index (κ2) is 4.39. The summed E-state index contributed by atoms with van der Waals surface area (Å²) in [6.45, 7) is 0.688. The van der Waals surface area contributed by atoms with E-state index in [1.165, 1.54) is 0 Å². The number of hydrogen-bond donors (Lipinski definition) is 1. The molecule has 1 aliphatic carbocycles. The summed E-state index contributed by atoms with van der Waals surface area (Å²) in [5.74, 6) is 6.11. The molecule has 16 heavy (non-hydrogen) atoms. The molecule has 0 aliphatic heterocycles. The van der Waals surface area contributed by atoms with E-state index in [2.05, 4.69) is 23.2 Å². The van der Waals surface area contributed by atoms with Crippen LogP contribution in [0.1, 0.15) is 24.0 Å². The van der Waals surface area contributed by atoms with E-state index in [0.29, 0.717) is 6.54 Å². The van der Waals surface area contributed by atoms with E-state index in [9.17, 15) is 0 Å². The van der Waals surface area contributed by atoms with Crippen molar-refractivity contribution in [3.05, 3.63) is 35.4 Å². The quantitative estimate of drug-likeness (QED) is 0.756. The van der Waals surface area contributed by atoms with Gasteiger partial charge in [-0.15, -0.1) is 0 Å². The van der Waals surface area contributed by atoms with Gasteiger partial charge in [-0.25, -0.2) is 0 Å². The number of nitrogens with one attached hydrogen (secondary N) is 1. The fourth-order valence-corrected chi connectivity index (χ4v) is 1.72. The second-order valence-corrected chi connectivity index (χ2v) is 4.11. The molecule has 0 heterocycles. The number of benzene rings is 1. The fourth-order valence-electron chi connectivity index (χ4n) is 1.72. The molecule has 0 bridgehead atoms. The van der Waals surface area contributed by atoms with Crippen LogP contribution in [0.3, 0.4) is 0 Å². The average molecular weight is 210 g/mol. The van der Waals surface area contributed by atoms with Crippen LogP contribution in [0.4, 0.5) is 0 Å². The molecule has 0 spiro atoms. The van der Waals surface area contributed by atoms with Crippen LogP contribution < -0.4 is 5.32 Å². The Morgan fingerprint density at radius 2 is 2.25 bits per heavy atom. The summed E-state index contributed by atoms with van der Waals surface area (Å²) in [6, 6.07) is 10.4. The van der Waals surface area contributed by atoms with Crippen LogP contribution >= 0.6 is 0 Å². The standard InChI is InChI=1S/C14H14N2/c1-16-9-3-5-12-4-2-6-13(10-12)14(11-15)7-8-14/h2,4,6,10,16H,7-9H2,1H3. The fraction of sp³-hybridized carbons (Fsp3) is 0.357. The predicted molar refractivity (Wildman–Crippen MR) is 63.8 cm³/mol. The maximum Gasteiger partial charge on any atom is 0.0824 e. The summed E-state index contributed by atoms with van der Waals surface area (Å²) in [6.07, 6.45) is 1.97. The minimum atomic E-state index is -0.208. The second-order valence-electron chi connectivity index (χ2n) is 4.11. The number of hydrogen-bond acceptors (Lipinski definition) is 2. The highest BCUT2D eigenvalue weighted by molar-refractivity contribution is 5.45. The Kier molecular flexibility index (Phi) is 2.95. The van der Waals surface area contributed by atoms with Crippen molar-refractivity contribution in [2.24, 2.45) is 0 Å². The van der Waals surface area contributed by atoms with E-state index in [0.717, 1.165) is 24.0 Å². The van der Waals surface area contributed by atoms with Gasteiger partial charge in [-0.2, -0.15) is 5.26 Å². The van der Waals surface area contributed by atoms with Crippen molar-refractivity contribution in [1.82, 2.24) is 5.32 Å². The lowest BCUT2D eigenvalue weighted by atomic mass is 9.96. The first-order valence-electron chi connectivity index (χ1n) is 5.46. The molecule has 1 saturated carbocycles. The Morgan fingerprint density at radius 3 is 2.88 bits per heavy atom. The first-order valence-corrected chi connectivity index (χ1v) is 5.46. The van der Waals surface area contributed by atoms with E-state index in [1.54, 1.807) is 0 Å². The molecule has 0 radical (unpaired) electrons. The normalized spacial score (nSPS) is 15.8. The van der Waals surface area contributed by atoms with Gasteiger partial charge in [0.05, 0.1) is 18.0 Å². The van der Waals surface area contributed by atoms with Gasteiger partial charge in [0, 0.05) is 5.56 Å². The van der Waals surface area contributed by atoms with Crippen LogP contribution in [0.5, 0.6) is 0 Å². The monoisotopic (exact) mass is 210 g/mol. The molecule has 1 aliphatic rings. The lowest BCUT2D eigenvalue weighted by Gasteiger charge is -2.05. The first-order chi connectivity index (χ1) is 7.80. The van der Waals surface area contributed by atoms with Crippen LogP contribution in [-0.4, -0.2) is 13.6 Å². The minimum absolute atomic E-state index is 0.208. The van der Waals surface area contributed by atoms with Crippen molar-refractivity contribution in [1.29, 1.82) is 5.26 Å². The van der Waals surface area contributed by atoms with E-state index in [-0.39, 0.29) is 5.41 Å². The largest absolute Gasteiger partial charge is 0.309 e. The van der Waals surface area contributed by atoms with Crippen molar-refractivity contribution >= 4 is 0 Å². The summed E-state index contributed by atoms with van der Waals surface area (Å²) in [7, 11) is 1.87. The third-order valence-corrected chi connectivity index (χ3v) is 2.88. The van der Waals surface area contributed by atoms with Crippen molar-refractivity contribution in [2.75, 3.05) is 13.6 Å². The van der Waals surface area contributed by atoms with Gasteiger partial charge in [-0.1, -0.05) is 24.0 Å². The Morgan fingerprint density at radius 1 is 1.44 bits per heavy atom. The van der Waals surface area contributed by atoms with E-state index in [4.69, 9.17) is 5.26 Å². The zero-order chi connectivity index (χ0) is 11.4. The SMILES string of the molecule is CNCC#Cc1cccc(C2(C#N)CC2)c1. The summed E-state index contributed by atoms with van der Waals surface area (Å²) >= 11 is 0. The molecule has 0 aromatic heterocycles. The van der Waals surface area contributed by atoms with Crippen LogP contribution in [-0.2, 0) is 5.41 Å². The van der Waals surface area contributed by atoms with Gasteiger partial charge >= 0.3 is 0 Å². The summed E-state index contributed by atoms with van der Waals surface area (Å²) in [5.41, 5.74) is 1.90. The maximum atomic E-state index is 9.12. The molecule has 1 aromatic carbocycles. The van der Waals surface area contributed by atoms with Crippen molar-refractivity contribution in [3.8, 4) is 17.9 Å². The number of nitriles is 1. The van der Waals surface area contributed by atoms with Crippen molar-refractivity contribution in [3.63, 3.8) is 0 Å². The molecule has 0 atom stereocenters. The molecule has 2 nitrogen and oxygen atoms in total. The lowest BCUT2D eigenvalue weighted by molar-refractivity contribution is 0.908. The first kappa shape index (κ1) is 10.7. The van der Waals surface area contributed by atoms with E-state index >= 15 is 0 Å². The molecule has 0 unspecified atom stereocenters. The van der Waals surface area contributed by atoms with Gasteiger partial charge in [0.2, 0.25) is 0 Å². The zero-order valence-corrected chi connectivity index (χ0v) is 9.38. The third kappa shape index (κ3) is 2.08. The van der Waals surface area contributed by atoms with Gasteiger partial charge < -0.3 is 5.32 Å². The molecular formula is C14H14N2. The molecule has 80 valence electrons. The highest BCUT2D eigenvalue weighted by Crippen LogP contribution is 2.47. The van der Waals surface area contributed by atoms with E-state index < -0.39 is 0 Å². The highest BCUT2D eigenvalue weighted by Gasteiger charge is 2.44. The summed E-state index contributed by atoms with van der Waals surface area (Å²) in [4.78, 5) is 0. The molecule has 2 rings (SSSR count). The van der Waals surface area contributed by atoms with Gasteiger partial charge in [-0.3, -0.25) is 0 Å². The maximum absolute atomic E-state index is 9.12. The van der Waals surface area contributed by atoms with Crippen LogP contribution in [0.15, 0.2) is 24.3 Å². The van der Waals surface area contributed by atoms with Crippen LogP contribution in [0, 0.1) is 23.2 Å². The van der Waals surface area contributed by atoms with Crippen molar-refractivity contribution in [2.45, 2.75) is 18.3 Å². The number of rotatable bonds is 2. The van der Waals surface area contributed by atoms with Gasteiger partial charge in [0.15, 0.2) is 0 Å². The smallest absolute Gasteiger partial charge is 0.0824 e. The zero-order valence-electron chi connectivity index (χ0n) is 9.38. The molecule has 1 N–H and O–H groups in total. The number of nitrogens with zero attached hydrogens (tertiary/aromatic N) is 1. The van der Waals surface area contributed by atoms with Gasteiger partial charge in [0.1, 0.15) is 0 Å². The highest BCUT2D eigenvalue weighted by atomic mass is 14.8. The molecule has 2 heteroatoms. The lowest BCUT2D eigenvalue weighted by Crippen LogP contribution is -2.04. The summed E-state index contributed by atoms with van der Waals surface area (Å²) in [5, 5.41) is 12.1. The third-order valence-electron chi connectivity index (χ3n) is 2.88. The van der Waals surface area contributed by atoms with Gasteiger partial charge in [0.25, 0.3) is 0 Å². The molecule has 0 saturated heterocycles. The Balaban J connectivity index is 2.22. The van der Waals surface area contributed by atoms with Crippen LogP contribution in [0.2, 0.25) is 0 Å².